The topological polar surface area (TPSA) is 37.3 Å². The molecule has 0 saturated heterocycles. The molecule has 0 radical (unpaired) electrons. The van der Waals surface area contributed by atoms with Crippen LogP contribution in [0.5, 0.6) is 0 Å². The average molecular weight is 267 g/mol. The maximum Gasteiger partial charge on any atom is 0.233 e. The minimum Gasteiger partial charge on any atom is -0.341 e. The lowest BCUT2D eigenvalue weighted by Crippen LogP contribution is -2.05. The normalized spacial score (nSPS) is 14.2. The standard InChI is InChI=1S/C13H12ClO2P/c14-13-9-5-4-6-11(13)10-17(15,16)12-7-2-1-3-8-12/h1-9H,10H2,(H,15,16). The number of benzene rings is 2. The Labute approximate surface area is 105 Å². The number of hydrogen-bond acceptors (Lipinski definition) is 1. The van der Waals surface area contributed by atoms with Crippen LogP contribution in [0.15, 0.2) is 54.6 Å². The first-order valence-electron chi connectivity index (χ1n) is 5.20. The van der Waals surface area contributed by atoms with Crippen LogP contribution in [0.25, 0.3) is 0 Å². The Hall–Kier alpha value is -1.08. The van der Waals surface area contributed by atoms with Crippen LogP contribution < -0.4 is 5.30 Å². The molecular formula is C13H12ClO2P. The summed E-state index contributed by atoms with van der Waals surface area (Å²) in [6, 6.07) is 15.8. The molecule has 0 saturated carbocycles. The van der Waals surface area contributed by atoms with Crippen molar-refractivity contribution in [2.24, 2.45) is 0 Å². The zero-order chi connectivity index (χ0) is 12.3. The molecule has 0 aliphatic heterocycles. The van der Waals surface area contributed by atoms with E-state index < -0.39 is 7.37 Å². The Morgan fingerprint density at radius 2 is 1.59 bits per heavy atom. The van der Waals surface area contributed by atoms with E-state index in [9.17, 15) is 9.46 Å². The van der Waals surface area contributed by atoms with Crippen LogP contribution in [-0.4, -0.2) is 4.89 Å². The summed E-state index contributed by atoms with van der Waals surface area (Å²) in [5, 5.41) is 0.984. The summed E-state index contributed by atoms with van der Waals surface area (Å²) in [5.74, 6) is 0. The van der Waals surface area contributed by atoms with Gasteiger partial charge in [-0.05, 0) is 23.8 Å². The van der Waals surface area contributed by atoms with Gasteiger partial charge in [0.15, 0.2) is 0 Å². The average Bonchev–Trinajstić information content (AvgIpc) is 2.33. The monoisotopic (exact) mass is 266 g/mol. The molecule has 2 aromatic rings. The summed E-state index contributed by atoms with van der Waals surface area (Å²) >= 11 is 5.99. The van der Waals surface area contributed by atoms with E-state index in [1.165, 1.54) is 0 Å². The minimum absolute atomic E-state index is 0.0662. The lowest BCUT2D eigenvalue weighted by molar-refractivity contribution is 0.489. The van der Waals surface area contributed by atoms with Gasteiger partial charge in [0.2, 0.25) is 7.37 Å². The second-order valence-electron chi connectivity index (χ2n) is 3.79. The molecule has 0 aliphatic carbocycles. The summed E-state index contributed by atoms with van der Waals surface area (Å²) in [4.78, 5) is 10.1. The Morgan fingerprint density at radius 1 is 1.00 bits per heavy atom. The van der Waals surface area contributed by atoms with Gasteiger partial charge in [-0.2, -0.15) is 0 Å². The molecule has 0 aliphatic rings. The van der Waals surface area contributed by atoms with Crippen molar-refractivity contribution in [3.05, 3.63) is 65.2 Å². The maximum atomic E-state index is 12.2. The summed E-state index contributed by atoms with van der Waals surface area (Å²) in [7, 11) is -3.38. The van der Waals surface area contributed by atoms with E-state index in [0.29, 0.717) is 15.9 Å². The first-order valence-corrected chi connectivity index (χ1v) is 7.43. The van der Waals surface area contributed by atoms with Crippen LogP contribution in [-0.2, 0) is 10.7 Å². The maximum absolute atomic E-state index is 12.2. The van der Waals surface area contributed by atoms with Gasteiger partial charge in [-0.3, -0.25) is 4.57 Å². The largest absolute Gasteiger partial charge is 0.341 e. The zero-order valence-corrected chi connectivity index (χ0v) is 10.7. The predicted molar refractivity (Wildman–Crippen MR) is 71.1 cm³/mol. The van der Waals surface area contributed by atoms with Crippen LogP contribution >= 0.6 is 19.0 Å². The Kier molecular flexibility index (Phi) is 3.68. The molecule has 1 atom stereocenters. The van der Waals surface area contributed by atoms with E-state index in [2.05, 4.69) is 0 Å². The van der Waals surface area contributed by atoms with Gasteiger partial charge in [0.1, 0.15) is 0 Å². The SMILES string of the molecule is O=P(O)(Cc1ccccc1Cl)c1ccccc1. The van der Waals surface area contributed by atoms with E-state index in [1.807, 2.05) is 12.1 Å². The van der Waals surface area contributed by atoms with Gasteiger partial charge in [-0.15, -0.1) is 0 Å². The molecular weight excluding hydrogens is 255 g/mol. The van der Waals surface area contributed by atoms with Crippen LogP contribution in [0.4, 0.5) is 0 Å². The van der Waals surface area contributed by atoms with Crippen molar-refractivity contribution in [2.75, 3.05) is 0 Å². The highest BCUT2D eigenvalue weighted by Crippen LogP contribution is 2.44. The summed E-state index contributed by atoms with van der Waals surface area (Å²) in [5.41, 5.74) is 0.698. The molecule has 0 aromatic heterocycles. The van der Waals surface area contributed by atoms with Crippen molar-refractivity contribution >= 4 is 24.3 Å². The van der Waals surface area contributed by atoms with Crippen molar-refractivity contribution in [1.29, 1.82) is 0 Å². The molecule has 4 heteroatoms. The molecule has 1 N–H and O–H groups in total. The number of hydrogen-bond donors (Lipinski definition) is 1. The van der Waals surface area contributed by atoms with Crippen molar-refractivity contribution < 1.29 is 9.46 Å². The molecule has 0 spiro atoms. The summed E-state index contributed by atoms with van der Waals surface area (Å²) in [6.07, 6.45) is 0.0662. The van der Waals surface area contributed by atoms with Crippen LogP contribution in [0.2, 0.25) is 5.02 Å². The third-order valence-electron chi connectivity index (χ3n) is 2.50. The molecule has 0 fully saturated rings. The van der Waals surface area contributed by atoms with E-state index in [4.69, 9.17) is 11.6 Å². The van der Waals surface area contributed by atoms with Crippen molar-refractivity contribution in [2.45, 2.75) is 6.16 Å². The Balaban J connectivity index is 2.30. The van der Waals surface area contributed by atoms with Gasteiger partial charge >= 0.3 is 0 Å². The van der Waals surface area contributed by atoms with E-state index in [1.54, 1.807) is 42.5 Å². The summed E-state index contributed by atoms with van der Waals surface area (Å²) < 4.78 is 12.2. The van der Waals surface area contributed by atoms with Gasteiger partial charge in [0, 0.05) is 10.3 Å². The second-order valence-corrected chi connectivity index (χ2v) is 6.43. The van der Waals surface area contributed by atoms with Crippen LogP contribution in [0.1, 0.15) is 5.56 Å². The first-order chi connectivity index (χ1) is 8.09. The fourth-order valence-corrected chi connectivity index (χ4v) is 3.46. The third-order valence-corrected chi connectivity index (χ3v) is 4.75. The smallest absolute Gasteiger partial charge is 0.233 e. The highest BCUT2D eigenvalue weighted by Gasteiger charge is 2.22. The summed E-state index contributed by atoms with van der Waals surface area (Å²) in [6.45, 7) is 0. The Morgan fingerprint density at radius 3 is 2.24 bits per heavy atom. The highest BCUT2D eigenvalue weighted by atomic mass is 35.5. The molecule has 2 nitrogen and oxygen atoms in total. The fourth-order valence-electron chi connectivity index (χ4n) is 1.61. The van der Waals surface area contributed by atoms with Gasteiger partial charge in [-0.25, -0.2) is 0 Å². The van der Waals surface area contributed by atoms with Gasteiger partial charge < -0.3 is 4.89 Å². The molecule has 2 rings (SSSR count). The van der Waals surface area contributed by atoms with Gasteiger partial charge in [0.25, 0.3) is 0 Å². The molecule has 2 aromatic carbocycles. The Bertz CT molecular complexity index is 554. The quantitative estimate of drug-likeness (QED) is 0.864. The van der Waals surface area contributed by atoms with E-state index >= 15 is 0 Å². The van der Waals surface area contributed by atoms with Gasteiger partial charge in [-0.1, -0.05) is 48.0 Å². The fraction of sp³-hybridized carbons (Fsp3) is 0.0769. The highest BCUT2D eigenvalue weighted by molar-refractivity contribution is 7.65. The first kappa shape index (κ1) is 12.4. The molecule has 1 unspecified atom stereocenters. The minimum atomic E-state index is -3.38. The molecule has 0 amide bonds. The number of rotatable bonds is 3. The molecule has 88 valence electrons. The predicted octanol–water partition coefficient (Wildman–Crippen LogP) is 3.44. The van der Waals surface area contributed by atoms with Crippen molar-refractivity contribution in [3.8, 4) is 0 Å². The van der Waals surface area contributed by atoms with Gasteiger partial charge in [0.05, 0.1) is 6.16 Å². The number of halogens is 1. The lowest BCUT2D eigenvalue weighted by atomic mass is 10.2. The van der Waals surface area contributed by atoms with E-state index in [0.717, 1.165) is 0 Å². The molecule has 17 heavy (non-hydrogen) atoms. The molecule has 0 heterocycles. The van der Waals surface area contributed by atoms with Crippen LogP contribution in [0.3, 0.4) is 0 Å². The second kappa shape index (κ2) is 5.05. The molecule has 0 bridgehead atoms. The third kappa shape index (κ3) is 2.98. The zero-order valence-electron chi connectivity index (χ0n) is 9.08. The van der Waals surface area contributed by atoms with Crippen LogP contribution in [0, 0.1) is 0 Å². The van der Waals surface area contributed by atoms with Crippen molar-refractivity contribution in [3.63, 3.8) is 0 Å². The van der Waals surface area contributed by atoms with E-state index in [-0.39, 0.29) is 6.16 Å². The lowest BCUT2D eigenvalue weighted by Gasteiger charge is -2.12. The van der Waals surface area contributed by atoms with Crippen molar-refractivity contribution in [1.82, 2.24) is 0 Å².